The third-order valence-corrected chi connectivity index (χ3v) is 2.58. The summed E-state index contributed by atoms with van der Waals surface area (Å²) in [5.74, 6) is 0.240. The molecule has 0 fully saturated rings. The number of likely N-dealkylation sites (N-methyl/N-ethyl adjacent to an activating group) is 1. The van der Waals surface area contributed by atoms with E-state index in [9.17, 15) is 9.59 Å². The Hall–Kier alpha value is -1.52. The second-order valence-electron chi connectivity index (χ2n) is 3.80. The van der Waals surface area contributed by atoms with Crippen LogP contribution in [0.3, 0.4) is 0 Å². The Bertz CT molecular complexity index is 323. The van der Waals surface area contributed by atoms with E-state index < -0.39 is 6.04 Å². The molecule has 0 radical (unpaired) electrons. The summed E-state index contributed by atoms with van der Waals surface area (Å²) in [5, 5.41) is 5.13. The Morgan fingerprint density at radius 2 is 2.12 bits per heavy atom. The zero-order valence-corrected chi connectivity index (χ0v) is 9.92. The third-order valence-electron chi connectivity index (χ3n) is 2.58. The van der Waals surface area contributed by atoms with Gasteiger partial charge in [-0.25, -0.2) is 0 Å². The Morgan fingerprint density at radius 1 is 1.44 bits per heavy atom. The number of hydrogen-bond donors (Lipinski definition) is 2. The lowest BCUT2D eigenvalue weighted by Crippen LogP contribution is -2.44. The second kappa shape index (κ2) is 5.53. The summed E-state index contributed by atoms with van der Waals surface area (Å²) in [7, 11) is 1.54. The molecule has 16 heavy (non-hydrogen) atoms. The zero-order valence-electron chi connectivity index (χ0n) is 9.92. The molecule has 0 bridgehead atoms. The largest absolute Gasteiger partial charge is 0.498 e. The maximum Gasteiger partial charge on any atom is 0.251 e. The predicted molar refractivity (Wildman–Crippen MR) is 59.6 cm³/mol. The van der Waals surface area contributed by atoms with Gasteiger partial charge in [0.25, 0.3) is 5.91 Å². The molecular weight excluding hydrogens is 208 g/mol. The summed E-state index contributed by atoms with van der Waals surface area (Å²) in [6.07, 6.45) is 1.55. The van der Waals surface area contributed by atoms with E-state index in [1.165, 1.54) is 0 Å². The molecule has 5 nitrogen and oxygen atoms in total. The van der Waals surface area contributed by atoms with Crippen LogP contribution < -0.4 is 10.6 Å². The summed E-state index contributed by atoms with van der Waals surface area (Å²) in [6, 6.07) is -0.528. The first-order valence-corrected chi connectivity index (χ1v) is 5.41. The summed E-state index contributed by atoms with van der Waals surface area (Å²) in [5.41, 5.74) is 0.641. The van der Waals surface area contributed by atoms with Crippen LogP contribution in [0, 0.1) is 0 Å². The minimum atomic E-state index is -0.528. The molecule has 0 saturated carbocycles. The number of ether oxygens (including phenoxy) is 1. The molecule has 2 amide bonds. The number of carbonyl (C=O) groups is 2. The van der Waals surface area contributed by atoms with Gasteiger partial charge in [0.1, 0.15) is 11.8 Å². The first-order valence-electron chi connectivity index (χ1n) is 5.41. The van der Waals surface area contributed by atoms with E-state index in [4.69, 9.17) is 4.74 Å². The highest BCUT2D eigenvalue weighted by Crippen LogP contribution is 2.18. The highest BCUT2D eigenvalue weighted by atomic mass is 16.5. The first kappa shape index (κ1) is 12.5. The quantitative estimate of drug-likeness (QED) is 0.728. The molecule has 0 aromatic heterocycles. The summed E-state index contributed by atoms with van der Waals surface area (Å²) in [6.45, 7) is 4.09. The molecular formula is C11H18N2O3. The van der Waals surface area contributed by atoms with Crippen molar-refractivity contribution >= 4 is 11.8 Å². The van der Waals surface area contributed by atoms with E-state index >= 15 is 0 Å². The molecule has 1 rings (SSSR count). The van der Waals surface area contributed by atoms with Gasteiger partial charge in [0.2, 0.25) is 5.91 Å². The van der Waals surface area contributed by atoms with Gasteiger partial charge in [0, 0.05) is 7.05 Å². The van der Waals surface area contributed by atoms with Crippen molar-refractivity contribution in [2.24, 2.45) is 0 Å². The van der Waals surface area contributed by atoms with Crippen LogP contribution in [0.15, 0.2) is 11.3 Å². The smallest absolute Gasteiger partial charge is 0.251 e. The number of carbonyl (C=O) groups excluding carboxylic acids is 2. The average Bonchev–Trinajstić information content (AvgIpc) is 2.28. The summed E-state index contributed by atoms with van der Waals surface area (Å²) >= 11 is 0. The van der Waals surface area contributed by atoms with Gasteiger partial charge >= 0.3 is 0 Å². The van der Waals surface area contributed by atoms with E-state index in [1.807, 2.05) is 0 Å². The van der Waals surface area contributed by atoms with Gasteiger partial charge in [-0.3, -0.25) is 9.59 Å². The van der Waals surface area contributed by atoms with Crippen LogP contribution >= 0.6 is 0 Å². The van der Waals surface area contributed by atoms with Crippen LogP contribution in [-0.2, 0) is 14.3 Å². The van der Waals surface area contributed by atoms with Crippen LogP contribution in [0.4, 0.5) is 0 Å². The number of amides is 2. The van der Waals surface area contributed by atoms with Crippen molar-refractivity contribution in [1.29, 1.82) is 0 Å². The average molecular weight is 226 g/mol. The Balaban J connectivity index is 2.61. The minimum absolute atomic E-state index is 0.205. The molecule has 0 aromatic rings. The van der Waals surface area contributed by atoms with Gasteiger partial charge < -0.3 is 15.4 Å². The van der Waals surface area contributed by atoms with Crippen molar-refractivity contribution in [3.63, 3.8) is 0 Å². The summed E-state index contributed by atoms with van der Waals surface area (Å²) in [4.78, 5) is 23.0. The van der Waals surface area contributed by atoms with Gasteiger partial charge in [0.05, 0.1) is 12.2 Å². The molecule has 2 N–H and O–H groups in total. The maximum atomic E-state index is 11.8. The van der Waals surface area contributed by atoms with E-state index in [1.54, 1.807) is 20.9 Å². The van der Waals surface area contributed by atoms with Crippen LogP contribution in [0.25, 0.3) is 0 Å². The molecule has 90 valence electrons. The number of rotatable bonds is 3. The van der Waals surface area contributed by atoms with Crippen LogP contribution in [0.2, 0.25) is 0 Å². The SMILES string of the molecule is CNC(=O)C(C)NC(=O)C1=C(C)OCCC1. The fourth-order valence-electron chi connectivity index (χ4n) is 1.58. The lowest BCUT2D eigenvalue weighted by molar-refractivity contribution is -0.126. The molecule has 0 spiro atoms. The molecule has 1 aliphatic heterocycles. The van der Waals surface area contributed by atoms with Crippen LogP contribution in [0.1, 0.15) is 26.7 Å². The Morgan fingerprint density at radius 3 is 2.69 bits per heavy atom. The lowest BCUT2D eigenvalue weighted by atomic mass is 10.1. The molecule has 1 heterocycles. The fraction of sp³-hybridized carbons (Fsp3) is 0.636. The van der Waals surface area contributed by atoms with E-state index in [0.717, 1.165) is 6.42 Å². The lowest BCUT2D eigenvalue weighted by Gasteiger charge is -2.20. The summed E-state index contributed by atoms with van der Waals surface area (Å²) < 4.78 is 5.30. The van der Waals surface area contributed by atoms with Crippen LogP contribution in [0.5, 0.6) is 0 Å². The molecule has 1 aliphatic rings. The highest BCUT2D eigenvalue weighted by Gasteiger charge is 2.21. The van der Waals surface area contributed by atoms with Crippen molar-refractivity contribution in [2.45, 2.75) is 32.7 Å². The van der Waals surface area contributed by atoms with Gasteiger partial charge in [0.15, 0.2) is 0 Å². The van der Waals surface area contributed by atoms with Gasteiger partial charge in [-0.2, -0.15) is 0 Å². The van der Waals surface area contributed by atoms with E-state index in [-0.39, 0.29) is 11.8 Å². The highest BCUT2D eigenvalue weighted by molar-refractivity contribution is 5.97. The van der Waals surface area contributed by atoms with Crippen molar-refractivity contribution < 1.29 is 14.3 Å². The van der Waals surface area contributed by atoms with E-state index in [0.29, 0.717) is 24.4 Å². The van der Waals surface area contributed by atoms with Gasteiger partial charge in [-0.15, -0.1) is 0 Å². The number of allylic oxidation sites excluding steroid dienone is 1. The third kappa shape index (κ3) is 2.98. The molecule has 0 aliphatic carbocycles. The maximum absolute atomic E-state index is 11.8. The topological polar surface area (TPSA) is 67.4 Å². The molecule has 1 atom stereocenters. The number of nitrogens with one attached hydrogen (secondary N) is 2. The molecule has 1 unspecified atom stereocenters. The molecule has 0 aromatic carbocycles. The van der Waals surface area contributed by atoms with E-state index in [2.05, 4.69) is 10.6 Å². The Labute approximate surface area is 95.2 Å². The fourth-order valence-corrected chi connectivity index (χ4v) is 1.58. The van der Waals surface area contributed by atoms with Gasteiger partial charge in [-0.05, 0) is 26.7 Å². The van der Waals surface area contributed by atoms with Gasteiger partial charge in [-0.1, -0.05) is 0 Å². The predicted octanol–water partition coefficient (Wildman–Crippen LogP) is 0.321. The molecule has 0 saturated heterocycles. The second-order valence-corrected chi connectivity index (χ2v) is 3.80. The normalized spacial score (nSPS) is 17.4. The zero-order chi connectivity index (χ0) is 12.1. The van der Waals surface area contributed by atoms with Crippen molar-refractivity contribution in [1.82, 2.24) is 10.6 Å². The van der Waals surface area contributed by atoms with Crippen LogP contribution in [-0.4, -0.2) is 31.5 Å². The Kier molecular flexibility index (Phi) is 4.34. The standard InChI is InChI=1S/C11H18N2O3/c1-7(10(14)12-3)13-11(15)9-5-4-6-16-8(9)2/h7H,4-6H2,1-3H3,(H,12,14)(H,13,15). The monoisotopic (exact) mass is 226 g/mol. The first-order chi connectivity index (χ1) is 7.56. The van der Waals surface area contributed by atoms with Crippen molar-refractivity contribution in [3.8, 4) is 0 Å². The minimum Gasteiger partial charge on any atom is -0.498 e. The number of hydrogen-bond acceptors (Lipinski definition) is 3. The molecule has 5 heteroatoms. The van der Waals surface area contributed by atoms with Crippen molar-refractivity contribution in [3.05, 3.63) is 11.3 Å². The van der Waals surface area contributed by atoms with Crippen molar-refractivity contribution in [2.75, 3.05) is 13.7 Å².